The van der Waals surface area contributed by atoms with Gasteiger partial charge in [0.15, 0.2) is 0 Å². The summed E-state index contributed by atoms with van der Waals surface area (Å²) < 4.78 is 5.29. The van der Waals surface area contributed by atoms with Crippen molar-refractivity contribution in [1.29, 1.82) is 0 Å². The minimum Gasteiger partial charge on any atom is -0.494 e. The van der Waals surface area contributed by atoms with Crippen LogP contribution in [-0.2, 0) is 19.1 Å². The van der Waals surface area contributed by atoms with Gasteiger partial charge < -0.3 is 20.5 Å². The SMILES string of the molecule is CSCC[C@H](NC(=O)C1(NC(=O)/C=C/C2CC=CO2)CCCCC1)C(=O)O. The lowest BCUT2D eigenvalue weighted by Crippen LogP contribution is -2.61. The van der Waals surface area contributed by atoms with Crippen LogP contribution in [0.3, 0.4) is 0 Å². The van der Waals surface area contributed by atoms with Crippen LogP contribution in [-0.4, -0.2) is 52.6 Å². The van der Waals surface area contributed by atoms with Crippen LogP contribution in [0.4, 0.5) is 0 Å². The summed E-state index contributed by atoms with van der Waals surface area (Å²) in [5, 5.41) is 14.9. The highest BCUT2D eigenvalue weighted by molar-refractivity contribution is 7.98. The fourth-order valence-electron chi connectivity index (χ4n) is 3.35. The maximum Gasteiger partial charge on any atom is 0.326 e. The molecule has 7 nitrogen and oxygen atoms in total. The highest BCUT2D eigenvalue weighted by atomic mass is 32.2. The number of rotatable bonds is 9. The Kier molecular flexibility index (Phi) is 8.22. The third kappa shape index (κ3) is 6.30. The van der Waals surface area contributed by atoms with Crippen LogP contribution in [0.15, 0.2) is 24.5 Å². The number of aliphatic carboxylic acids is 1. The van der Waals surface area contributed by atoms with Gasteiger partial charge in [0.05, 0.1) is 6.26 Å². The second-order valence-electron chi connectivity index (χ2n) is 6.92. The van der Waals surface area contributed by atoms with Crippen molar-refractivity contribution in [3.05, 3.63) is 24.5 Å². The first-order valence-corrected chi connectivity index (χ1v) is 10.7. The summed E-state index contributed by atoms with van der Waals surface area (Å²) in [7, 11) is 0. The summed E-state index contributed by atoms with van der Waals surface area (Å²) in [6.07, 6.45) is 13.0. The Labute approximate surface area is 164 Å². The molecular weight excluding hydrogens is 368 g/mol. The average Bonchev–Trinajstić information content (AvgIpc) is 3.17. The first-order chi connectivity index (χ1) is 13.0. The number of carbonyl (C=O) groups excluding carboxylic acids is 2. The third-order valence-electron chi connectivity index (χ3n) is 4.90. The highest BCUT2D eigenvalue weighted by Gasteiger charge is 2.41. The Morgan fingerprint density at radius 2 is 2.07 bits per heavy atom. The lowest BCUT2D eigenvalue weighted by atomic mass is 9.80. The van der Waals surface area contributed by atoms with Crippen LogP contribution in [0.25, 0.3) is 0 Å². The van der Waals surface area contributed by atoms with E-state index in [1.54, 1.807) is 12.3 Å². The van der Waals surface area contributed by atoms with Crippen molar-refractivity contribution in [2.24, 2.45) is 0 Å². The molecule has 0 saturated heterocycles. The normalized spacial score (nSPS) is 22.2. The molecule has 0 radical (unpaired) electrons. The molecule has 1 saturated carbocycles. The number of thioether (sulfide) groups is 1. The Hall–Kier alpha value is -1.96. The van der Waals surface area contributed by atoms with E-state index in [0.29, 0.717) is 31.4 Å². The summed E-state index contributed by atoms with van der Waals surface area (Å²) in [6.45, 7) is 0. The summed E-state index contributed by atoms with van der Waals surface area (Å²) in [5.41, 5.74) is -1.05. The van der Waals surface area contributed by atoms with Gasteiger partial charge in [-0.15, -0.1) is 0 Å². The lowest BCUT2D eigenvalue weighted by molar-refractivity contribution is -0.143. The zero-order chi connectivity index (χ0) is 19.7. The minimum absolute atomic E-state index is 0.158. The van der Waals surface area contributed by atoms with Crippen molar-refractivity contribution in [3.8, 4) is 0 Å². The molecule has 1 fully saturated rings. The van der Waals surface area contributed by atoms with Crippen LogP contribution in [0.2, 0.25) is 0 Å². The third-order valence-corrected chi connectivity index (χ3v) is 5.54. The number of hydrogen-bond acceptors (Lipinski definition) is 5. The van der Waals surface area contributed by atoms with Crippen molar-refractivity contribution in [3.63, 3.8) is 0 Å². The van der Waals surface area contributed by atoms with Gasteiger partial charge in [-0.2, -0.15) is 11.8 Å². The van der Waals surface area contributed by atoms with Crippen LogP contribution in [0, 0.1) is 0 Å². The Balaban J connectivity index is 2.03. The molecule has 2 rings (SSSR count). The molecule has 0 spiro atoms. The zero-order valence-corrected chi connectivity index (χ0v) is 16.4. The molecule has 0 aromatic rings. The first kappa shape index (κ1) is 21.3. The molecule has 1 aliphatic carbocycles. The van der Waals surface area contributed by atoms with E-state index in [0.717, 1.165) is 19.3 Å². The maximum absolute atomic E-state index is 12.9. The Morgan fingerprint density at radius 3 is 2.67 bits per heavy atom. The lowest BCUT2D eigenvalue weighted by Gasteiger charge is -2.37. The standard InChI is InChI=1S/C19H28N2O5S/c1-27-13-9-15(17(23)24)20-18(25)19(10-3-2-4-11-19)21-16(22)8-7-14-6-5-12-26-14/h5,7-8,12,14-15H,2-4,6,9-11,13H2,1H3,(H,20,25)(H,21,22)(H,23,24)/b8-7+/t14?,15-/m0/s1. The van der Waals surface area contributed by atoms with Gasteiger partial charge >= 0.3 is 5.97 Å². The van der Waals surface area contributed by atoms with Gasteiger partial charge in [-0.1, -0.05) is 19.3 Å². The average molecular weight is 397 g/mol. The monoisotopic (exact) mass is 396 g/mol. The second-order valence-corrected chi connectivity index (χ2v) is 7.90. The van der Waals surface area contributed by atoms with E-state index in [9.17, 15) is 19.5 Å². The maximum atomic E-state index is 12.9. The molecular formula is C19H28N2O5S. The molecule has 0 aromatic heterocycles. The molecule has 150 valence electrons. The topological polar surface area (TPSA) is 105 Å². The van der Waals surface area contributed by atoms with Gasteiger partial charge in [0.2, 0.25) is 11.8 Å². The van der Waals surface area contributed by atoms with Crippen LogP contribution in [0.1, 0.15) is 44.9 Å². The second kappa shape index (κ2) is 10.4. The van der Waals surface area contributed by atoms with Gasteiger partial charge in [0.1, 0.15) is 17.7 Å². The predicted molar refractivity (Wildman–Crippen MR) is 104 cm³/mol. The van der Waals surface area contributed by atoms with E-state index in [1.807, 2.05) is 12.3 Å². The molecule has 1 heterocycles. The summed E-state index contributed by atoms with van der Waals surface area (Å²) in [5.74, 6) is -1.19. The molecule has 2 aliphatic rings. The van der Waals surface area contributed by atoms with E-state index >= 15 is 0 Å². The highest BCUT2D eigenvalue weighted by Crippen LogP contribution is 2.29. The number of hydrogen-bond donors (Lipinski definition) is 3. The zero-order valence-electron chi connectivity index (χ0n) is 15.6. The molecule has 0 aromatic carbocycles. The molecule has 1 aliphatic heterocycles. The first-order valence-electron chi connectivity index (χ1n) is 9.30. The van der Waals surface area contributed by atoms with Crippen molar-refractivity contribution in [2.75, 3.05) is 12.0 Å². The van der Waals surface area contributed by atoms with E-state index in [1.165, 1.54) is 17.8 Å². The fraction of sp³-hybridized carbons (Fsp3) is 0.632. The Bertz CT molecular complexity index is 591. The number of amides is 2. The van der Waals surface area contributed by atoms with Crippen LogP contribution in [0.5, 0.6) is 0 Å². The number of carboxylic acid groups (broad SMARTS) is 1. The molecule has 1 unspecified atom stereocenters. The number of carbonyl (C=O) groups is 3. The van der Waals surface area contributed by atoms with Crippen LogP contribution < -0.4 is 10.6 Å². The summed E-state index contributed by atoms with van der Waals surface area (Å²) >= 11 is 1.53. The smallest absolute Gasteiger partial charge is 0.326 e. The fourth-order valence-corrected chi connectivity index (χ4v) is 3.82. The quantitative estimate of drug-likeness (QED) is 0.515. The van der Waals surface area contributed by atoms with Crippen molar-refractivity contribution in [2.45, 2.75) is 62.6 Å². The molecule has 27 heavy (non-hydrogen) atoms. The molecule has 8 heteroatoms. The van der Waals surface area contributed by atoms with Gasteiger partial charge in [-0.05, 0) is 43.4 Å². The number of ether oxygens (including phenoxy) is 1. The van der Waals surface area contributed by atoms with Crippen molar-refractivity contribution < 1.29 is 24.2 Å². The Morgan fingerprint density at radius 1 is 1.33 bits per heavy atom. The predicted octanol–water partition coefficient (Wildman–Crippen LogP) is 1.99. The van der Waals surface area contributed by atoms with E-state index in [-0.39, 0.29) is 12.0 Å². The molecule has 0 bridgehead atoms. The van der Waals surface area contributed by atoms with E-state index < -0.39 is 23.5 Å². The van der Waals surface area contributed by atoms with E-state index in [4.69, 9.17) is 4.74 Å². The minimum atomic E-state index is -1.06. The van der Waals surface area contributed by atoms with Gasteiger partial charge in [0.25, 0.3) is 0 Å². The molecule has 3 N–H and O–H groups in total. The summed E-state index contributed by atoms with van der Waals surface area (Å²) in [4.78, 5) is 36.8. The molecule has 2 amide bonds. The summed E-state index contributed by atoms with van der Waals surface area (Å²) in [6, 6.07) is -0.950. The van der Waals surface area contributed by atoms with E-state index in [2.05, 4.69) is 10.6 Å². The largest absolute Gasteiger partial charge is 0.494 e. The van der Waals surface area contributed by atoms with Gasteiger partial charge in [0, 0.05) is 12.5 Å². The molecule has 2 atom stereocenters. The van der Waals surface area contributed by atoms with Crippen LogP contribution >= 0.6 is 11.8 Å². The number of carboxylic acids is 1. The van der Waals surface area contributed by atoms with Gasteiger partial charge in [-0.3, -0.25) is 9.59 Å². The van der Waals surface area contributed by atoms with Gasteiger partial charge in [-0.25, -0.2) is 4.79 Å². The van der Waals surface area contributed by atoms with Crippen molar-refractivity contribution in [1.82, 2.24) is 10.6 Å². The number of nitrogens with one attached hydrogen (secondary N) is 2. The van der Waals surface area contributed by atoms with Crippen molar-refractivity contribution >= 4 is 29.5 Å².